The zero-order valence-electron chi connectivity index (χ0n) is 11.8. The van der Waals surface area contributed by atoms with Crippen LogP contribution in [0.1, 0.15) is 36.2 Å². The fourth-order valence-corrected chi connectivity index (χ4v) is 2.53. The molecule has 0 bridgehead atoms. The first-order valence-corrected chi connectivity index (χ1v) is 6.52. The van der Waals surface area contributed by atoms with Crippen LogP contribution in [0.2, 0.25) is 0 Å². The van der Waals surface area contributed by atoms with Gasteiger partial charge in [0.1, 0.15) is 0 Å². The molecule has 1 aromatic rings. The number of carbonyl (C=O) groups is 1. The topological polar surface area (TPSA) is 46.3 Å². The number of piperidine rings is 1. The molecule has 1 unspecified atom stereocenters. The van der Waals surface area contributed by atoms with Gasteiger partial charge in [-0.1, -0.05) is 32.0 Å². The van der Waals surface area contributed by atoms with Crippen molar-refractivity contribution in [1.29, 1.82) is 0 Å². The third-order valence-electron chi connectivity index (χ3n) is 3.97. The van der Waals surface area contributed by atoms with Crippen molar-refractivity contribution in [2.75, 3.05) is 13.1 Å². The smallest absolute Gasteiger partial charge is 0.254 e. The van der Waals surface area contributed by atoms with Crippen molar-refractivity contribution in [3.63, 3.8) is 0 Å². The fourth-order valence-electron chi connectivity index (χ4n) is 2.53. The zero-order valence-corrected chi connectivity index (χ0v) is 12.7. The molecular weight excluding hydrogens is 260 g/mol. The lowest BCUT2D eigenvalue weighted by atomic mass is 9.79. The molecule has 3 nitrogen and oxygen atoms in total. The summed E-state index contributed by atoms with van der Waals surface area (Å²) in [6.45, 7) is 7.75. The van der Waals surface area contributed by atoms with Crippen molar-refractivity contribution < 1.29 is 4.79 Å². The molecular formula is C15H23ClN2O. The van der Waals surface area contributed by atoms with E-state index < -0.39 is 0 Å². The number of carbonyl (C=O) groups excluding carboxylic acids is 1. The molecule has 1 aliphatic heterocycles. The van der Waals surface area contributed by atoms with Gasteiger partial charge in [0.05, 0.1) is 0 Å². The number of nitrogens with zero attached hydrogens (tertiary/aromatic N) is 1. The second kappa shape index (κ2) is 5.93. The number of benzene rings is 1. The predicted octanol–water partition coefficient (Wildman–Crippen LogP) is 2.62. The summed E-state index contributed by atoms with van der Waals surface area (Å²) >= 11 is 0. The van der Waals surface area contributed by atoms with E-state index in [4.69, 9.17) is 5.73 Å². The predicted molar refractivity (Wildman–Crippen MR) is 80.7 cm³/mol. The van der Waals surface area contributed by atoms with Gasteiger partial charge in [-0.15, -0.1) is 12.4 Å². The summed E-state index contributed by atoms with van der Waals surface area (Å²) in [6, 6.07) is 7.94. The lowest BCUT2D eigenvalue weighted by Gasteiger charge is -2.42. The highest BCUT2D eigenvalue weighted by atomic mass is 35.5. The van der Waals surface area contributed by atoms with Crippen LogP contribution in [0.3, 0.4) is 0 Å². The van der Waals surface area contributed by atoms with Crippen molar-refractivity contribution in [2.24, 2.45) is 11.1 Å². The molecule has 1 heterocycles. The summed E-state index contributed by atoms with van der Waals surface area (Å²) < 4.78 is 0. The van der Waals surface area contributed by atoms with Gasteiger partial charge in [0.25, 0.3) is 5.91 Å². The van der Waals surface area contributed by atoms with Crippen molar-refractivity contribution in [1.82, 2.24) is 4.90 Å². The Hall–Kier alpha value is -1.06. The molecule has 19 heavy (non-hydrogen) atoms. The van der Waals surface area contributed by atoms with Gasteiger partial charge in [0.2, 0.25) is 0 Å². The monoisotopic (exact) mass is 282 g/mol. The van der Waals surface area contributed by atoms with Crippen LogP contribution in [0.4, 0.5) is 0 Å². The molecule has 2 N–H and O–H groups in total. The second-order valence-electron chi connectivity index (χ2n) is 5.93. The minimum Gasteiger partial charge on any atom is -0.338 e. The maximum absolute atomic E-state index is 12.5. The van der Waals surface area contributed by atoms with Crippen LogP contribution < -0.4 is 5.73 Å². The Balaban J connectivity index is 0.00000180. The molecule has 0 saturated carbocycles. The fraction of sp³-hybridized carbons (Fsp3) is 0.533. The molecule has 0 radical (unpaired) electrons. The van der Waals surface area contributed by atoms with E-state index in [1.165, 1.54) is 0 Å². The third-order valence-corrected chi connectivity index (χ3v) is 3.97. The number of likely N-dealkylation sites (tertiary alicyclic amines) is 1. The van der Waals surface area contributed by atoms with Crippen molar-refractivity contribution in [3.8, 4) is 0 Å². The normalized spacial score (nSPS) is 21.7. The number of hydrogen-bond donors (Lipinski definition) is 1. The van der Waals surface area contributed by atoms with Crippen LogP contribution in [0.5, 0.6) is 0 Å². The minimum absolute atomic E-state index is 0. The van der Waals surface area contributed by atoms with Crippen molar-refractivity contribution >= 4 is 18.3 Å². The van der Waals surface area contributed by atoms with Gasteiger partial charge in [0, 0.05) is 24.7 Å². The van der Waals surface area contributed by atoms with Crippen LogP contribution in [-0.4, -0.2) is 29.9 Å². The first-order valence-electron chi connectivity index (χ1n) is 6.52. The molecule has 0 aromatic heterocycles. The van der Waals surface area contributed by atoms with Crippen LogP contribution in [0.15, 0.2) is 24.3 Å². The molecule has 1 atom stereocenters. The molecule has 1 fully saturated rings. The first kappa shape index (κ1) is 16.0. The summed E-state index contributed by atoms with van der Waals surface area (Å²) in [5.41, 5.74) is 7.95. The summed E-state index contributed by atoms with van der Waals surface area (Å²) in [6.07, 6.45) is 0.880. The lowest BCUT2D eigenvalue weighted by Crippen LogP contribution is -2.54. The van der Waals surface area contributed by atoms with E-state index in [0.29, 0.717) is 0 Å². The molecule has 106 valence electrons. The molecule has 0 spiro atoms. The molecule has 1 aliphatic rings. The van der Waals surface area contributed by atoms with Gasteiger partial charge in [-0.05, 0) is 30.4 Å². The quantitative estimate of drug-likeness (QED) is 0.861. The highest BCUT2D eigenvalue weighted by Crippen LogP contribution is 2.28. The van der Waals surface area contributed by atoms with Crippen LogP contribution >= 0.6 is 12.4 Å². The molecule has 0 aliphatic carbocycles. The average molecular weight is 283 g/mol. The van der Waals surface area contributed by atoms with Gasteiger partial charge < -0.3 is 10.6 Å². The lowest BCUT2D eigenvalue weighted by molar-refractivity contribution is 0.0532. The van der Waals surface area contributed by atoms with Gasteiger partial charge in [0.15, 0.2) is 0 Å². The number of halogens is 1. The largest absolute Gasteiger partial charge is 0.338 e. The van der Waals surface area contributed by atoms with Gasteiger partial charge in [-0.3, -0.25) is 4.79 Å². The van der Waals surface area contributed by atoms with E-state index in [0.717, 1.165) is 30.6 Å². The van der Waals surface area contributed by atoms with Crippen molar-refractivity contribution in [3.05, 3.63) is 35.4 Å². The Kier molecular flexibility index (Phi) is 4.99. The zero-order chi connectivity index (χ0) is 13.3. The second-order valence-corrected chi connectivity index (χ2v) is 5.93. The van der Waals surface area contributed by atoms with E-state index >= 15 is 0 Å². The molecule has 1 aromatic carbocycles. The number of rotatable bonds is 1. The Labute approximate surface area is 121 Å². The molecule has 1 saturated heterocycles. The summed E-state index contributed by atoms with van der Waals surface area (Å²) in [5.74, 6) is 0.132. The highest BCUT2D eigenvalue weighted by molar-refractivity contribution is 5.95. The highest BCUT2D eigenvalue weighted by Gasteiger charge is 2.35. The van der Waals surface area contributed by atoms with Gasteiger partial charge in [-0.2, -0.15) is 0 Å². The van der Waals surface area contributed by atoms with Crippen molar-refractivity contribution in [2.45, 2.75) is 33.2 Å². The Morgan fingerprint density at radius 1 is 1.37 bits per heavy atom. The molecule has 1 amide bonds. The first-order chi connectivity index (χ1) is 8.42. The third kappa shape index (κ3) is 3.28. The van der Waals surface area contributed by atoms with E-state index in [-0.39, 0.29) is 29.8 Å². The Morgan fingerprint density at radius 3 is 2.58 bits per heavy atom. The van der Waals surface area contributed by atoms with Crippen LogP contribution in [0.25, 0.3) is 0 Å². The van der Waals surface area contributed by atoms with E-state index in [1.54, 1.807) is 0 Å². The van der Waals surface area contributed by atoms with E-state index in [2.05, 4.69) is 13.8 Å². The van der Waals surface area contributed by atoms with E-state index in [1.807, 2.05) is 36.1 Å². The average Bonchev–Trinajstić information content (AvgIpc) is 2.32. The van der Waals surface area contributed by atoms with Crippen LogP contribution in [0, 0.1) is 12.3 Å². The summed E-state index contributed by atoms with van der Waals surface area (Å²) in [7, 11) is 0. The van der Waals surface area contributed by atoms with Gasteiger partial charge in [-0.25, -0.2) is 0 Å². The van der Waals surface area contributed by atoms with Crippen LogP contribution in [-0.2, 0) is 0 Å². The number of hydrogen-bond acceptors (Lipinski definition) is 2. The van der Waals surface area contributed by atoms with Gasteiger partial charge >= 0.3 is 0 Å². The summed E-state index contributed by atoms with van der Waals surface area (Å²) in [4.78, 5) is 14.4. The Morgan fingerprint density at radius 2 is 2.00 bits per heavy atom. The Bertz CT molecular complexity index is 459. The molecule has 4 heteroatoms. The number of amides is 1. The summed E-state index contributed by atoms with van der Waals surface area (Å²) in [5, 5.41) is 0. The van der Waals surface area contributed by atoms with E-state index in [9.17, 15) is 4.79 Å². The minimum atomic E-state index is -0.00338. The number of nitrogens with two attached hydrogens (primary N) is 1. The molecule has 2 rings (SSSR count). The maximum Gasteiger partial charge on any atom is 0.254 e. The SMILES string of the molecule is Cc1ccccc1C(=O)N1CCC(N)C(C)(C)C1.Cl. The number of aryl methyl sites for hydroxylation is 1. The maximum atomic E-state index is 12.5. The standard InChI is InChI=1S/C15H22N2O.ClH/c1-11-6-4-5-7-12(11)14(18)17-9-8-13(16)15(2,3)10-17;/h4-7,13H,8-10,16H2,1-3H3;1H.